The van der Waals surface area contributed by atoms with Crippen molar-refractivity contribution < 1.29 is 4.74 Å². The Bertz CT molecular complexity index is 448. The molecule has 0 saturated heterocycles. The summed E-state index contributed by atoms with van der Waals surface area (Å²) in [6.07, 6.45) is 1.29. The van der Waals surface area contributed by atoms with Crippen molar-refractivity contribution in [2.75, 3.05) is 0 Å². The minimum absolute atomic E-state index is 0.133. The largest absolute Gasteiger partial charge is 0.371 e. The second-order valence-electron chi connectivity index (χ2n) is 4.77. The van der Waals surface area contributed by atoms with Gasteiger partial charge in [-0.1, -0.05) is 60.7 Å². The molecule has 1 nitrogen and oxygen atoms in total. The van der Waals surface area contributed by atoms with Crippen molar-refractivity contribution >= 4 is 0 Å². The van der Waals surface area contributed by atoms with E-state index in [1.54, 1.807) is 0 Å². The van der Waals surface area contributed by atoms with Crippen LogP contribution >= 0.6 is 0 Å². The SMILES string of the molecule is CC(C)O[C@@H](Cc1ccccc1)c1ccccc1. The van der Waals surface area contributed by atoms with Crippen LogP contribution in [0.1, 0.15) is 31.1 Å². The van der Waals surface area contributed by atoms with Gasteiger partial charge in [0.05, 0.1) is 12.2 Å². The highest BCUT2D eigenvalue weighted by atomic mass is 16.5. The van der Waals surface area contributed by atoms with E-state index in [1.165, 1.54) is 11.1 Å². The smallest absolute Gasteiger partial charge is 0.0868 e. The molecule has 0 spiro atoms. The fourth-order valence-corrected chi connectivity index (χ4v) is 2.07. The van der Waals surface area contributed by atoms with Crippen LogP contribution in [0, 0.1) is 0 Å². The van der Waals surface area contributed by atoms with Crippen LogP contribution in [0.4, 0.5) is 0 Å². The zero-order chi connectivity index (χ0) is 12.8. The average molecular weight is 240 g/mol. The molecule has 1 heteroatoms. The number of hydrogen-bond donors (Lipinski definition) is 0. The third-order valence-corrected chi connectivity index (χ3v) is 2.87. The number of hydrogen-bond acceptors (Lipinski definition) is 1. The Morgan fingerprint density at radius 2 is 1.39 bits per heavy atom. The summed E-state index contributed by atoms with van der Waals surface area (Å²) in [4.78, 5) is 0. The maximum Gasteiger partial charge on any atom is 0.0868 e. The lowest BCUT2D eigenvalue weighted by molar-refractivity contribution is 0.00686. The molecule has 0 bridgehead atoms. The molecule has 2 aromatic rings. The van der Waals surface area contributed by atoms with Gasteiger partial charge < -0.3 is 4.74 Å². The Morgan fingerprint density at radius 3 is 1.94 bits per heavy atom. The van der Waals surface area contributed by atoms with Crippen LogP contribution in [0.3, 0.4) is 0 Å². The molecule has 0 N–H and O–H groups in total. The summed E-state index contributed by atoms with van der Waals surface area (Å²) < 4.78 is 6.04. The summed E-state index contributed by atoms with van der Waals surface area (Å²) in [6.45, 7) is 4.17. The highest BCUT2D eigenvalue weighted by Gasteiger charge is 2.14. The molecule has 0 unspecified atom stereocenters. The number of rotatable bonds is 5. The van der Waals surface area contributed by atoms with Gasteiger partial charge in [0.2, 0.25) is 0 Å². The third-order valence-electron chi connectivity index (χ3n) is 2.87. The van der Waals surface area contributed by atoms with Gasteiger partial charge in [-0.3, -0.25) is 0 Å². The molecule has 0 aliphatic carbocycles. The van der Waals surface area contributed by atoms with Gasteiger partial charge in [0.1, 0.15) is 0 Å². The summed E-state index contributed by atoms with van der Waals surface area (Å²) >= 11 is 0. The minimum Gasteiger partial charge on any atom is -0.371 e. The second kappa shape index (κ2) is 6.36. The van der Waals surface area contributed by atoms with Crippen LogP contribution in [0.2, 0.25) is 0 Å². The summed E-state index contributed by atoms with van der Waals surface area (Å²) in [5.74, 6) is 0. The molecule has 0 aliphatic heterocycles. The maximum absolute atomic E-state index is 6.04. The first kappa shape index (κ1) is 12.8. The van der Waals surface area contributed by atoms with E-state index in [-0.39, 0.29) is 12.2 Å². The van der Waals surface area contributed by atoms with Gasteiger partial charge in [-0.25, -0.2) is 0 Å². The van der Waals surface area contributed by atoms with E-state index in [1.807, 2.05) is 12.1 Å². The fourth-order valence-electron chi connectivity index (χ4n) is 2.07. The molecule has 0 saturated carbocycles. The first-order valence-corrected chi connectivity index (χ1v) is 6.50. The molecule has 2 aromatic carbocycles. The van der Waals surface area contributed by atoms with E-state index in [4.69, 9.17) is 4.74 Å². The van der Waals surface area contributed by atoms with Gasteiger partial charge in [-0.2, -0.15) is 0 Å². The minimum atomic E-state index is 0.133. The average Bonchev–Trinajstić information content (AvgIpc) is 2.40. The maximum atomic E-state index is 6.04. The second-order valence-corrected chi connectivity index (χ2v) is 4.77. The van der Waals surface area contributed by atoms with E-state index >= 15 is 0 Å². The quantitative estimate of drug-likeness (QED) is 0.753. The highest BCUT2D eigenvalue weighted by molar-refractivity contribution is 5.22. The van der Waals surface area contributed by atoms with Gasteiger partial charge in [0, 0.05) is 6.42 Å². The zero-order valence-corrected chi connectivity index (χ0v) is 11.0. The highest BCUT2D eigenvalue weighted by Crippen LogP contribution is 2.23. The standard InChI is InChI=1S/C17H20O/c1-14(2)18-17(16-11-7-4-8-12-16)13-15-9-5-3-6-10-15/h3-12,14,17H,13H2,1-2H3/t17-/m0/s1. The Balaban J connectivity index is 2.16. The van der Waals surface area contributed by atoms with Crippen LogP contribution in [0.5, 0.6) is 0 Å². The van der Waals surface area contributed by atoms with E-state index in [0.29, 0.717) is 0 Å². The molecule has 1 atom stereocenters. The van der Waals surface area contributed by atoms with Gasteiger partial charge in [-0.15, -0.1) is 0 Å². The van der Waals surface area contributed by atoms with Crippen LogP contribution < -0.4 is 0 Å². The van der Waals surface area contributed by atoms with Crippen LogP contribution in [-0.2, 0) is 11.2 Å². The lowest BCUT2D eigenvalue weighted by Gasteiger charge is -2.21. The molecule has 0 aromatic heterocycles. The fraction of sp³-hybridized carbons (Fsp3) is 0.294. The molecular weight excluding hydrogens is 220 g/mol. The molecule has 0 aliphatic rings. The summed E-state index contributed by atoms with van der Waals surface area (Å²) in [5, 5.41) is 0. The van der Waals surface area contributed by atoms with E-state index in [0.717, 1.165) is 6.42 Å². The van der Waals surface area contributed by atoms with Crippen LogP contribution in [0.25, 0.3) is 0 Å². The molecule has 2 rings (SSSR count). The predicted octanol–water partition coefficient (Wildman–Crippen LogP) is 4.40. The van der Waals surface area contributed by atoms with Crippen molar-refractivity contribution in [2.24, 2.45) is 0 Å². The van der Waals surface area contributed by atoms with Gasteiger partial charge in [-0.05, 0) is 25.0 Å². The number of ether oxygens (including phenoxy) is 1. The van der Waals surface area contributed by atoms with Crippen LogP contribution in [0.15, 0.2) is 60.7 Å². The molecule has 0 radical (unpaired) electrons. The van der Waals surface area contributed by atoms with Crippen molar-refractivity contribution in [3.63, 3.8) is 0 Å². The first-order valence-electron chi connectivity index (χ1n) is 6.50. The van der Waals surface area contributed by atoms with E-state index in [2.05, 4.69) is 62.4 Å². The molecule has 0 amide bonds. The van der Waals surface area contributed by atoms with Gasteiger partial charge in [0.25, 0.3) is 0 Å². The Hall–Kier alpha value is -1.60. The zero-order valence-electron chi connectivity index (χ0n) is 11.0. The van der Waals surface area contributed by atoms with Crippen molar-refractivity contribution in [2.45, 2.75) is 32.5 Å². The number of benzene rings is 2. The Morgan fingerprint density at radius 1 is 0.833 bits per heavy atom. The normalized spacial score (nSPS) is 12.6. The van der Waals surface area contributed by atoms with Crippen molar-refractivity contribution in [1.82, 2.24) is 0 Å². The first-order chi connectivity index (χ1) is 8.75. The summed E-state index contributed by atoms with van der Waals surface area (Å²) in [7, 11) is 0. The Labute approximate surface area is 109 Å². The van der Waals surface area contributed by atoms with Crippen molar-refractivity contribution in [1.29, 1.82) is 0 Å². The lowest BCUT2D eigenvalue weighted by atomic mass is 10.0. The van der Waals surface area contributed by atoms with E-state index < -0.39 is 0 Å². The topological polar surface area (TPSA) is 9.23 Å². The summed E-state index contributed by atoms with van der Waals surface area (Å²) in [6, 6.07) is 20.9. The molecular formula is C17H20O. The van der Waals surface area contributed by atoms with Gasteiger partial charge >= 0.3 is 0 Å². The third kappa shape index (κ3) is 3.71. The van der Waals surface area contributed by atoms with Gasteiger partial charge in [0.15, 0.2) is 0 Å². The Kier molecular flexibility index (Phi) is 4.54. The summed E-state index contributed by atoms with van der Waals surface area (Å²) in [5.41, 5.74) is 2.56. The molecule has 94 valence electrons. The monoisotopic (exact) mass is 240 g/mol. The van der Waals surface area contributed by atoms with Crippen molar-refractivity contribution in [3.05, 3.63) is 71.8 Å². The van der Waals surface area contributed by atoms with E-state index in [9.17, 15) is 0 Å². The van der Waals surface area contributed by atoms with Crippen LogP contribution in [-0.4, -0.2) is 6.10 Å². The predicted molar refractivity (Wildman–Crippen MR) is 75.6 cm³/mol. The van der Waals surface area contributed by atoms with Crippen molar-refractivity contribution in [3.8, 4) is 0 Å². The molecule has 18 heavy (non-hydrogen) atoms. The lowest BCUT2D eigenvalue weighted by Crippen LogP contribution is -2.13. The molecule has 0 fully saturated rings. The molecule has 0 heterocycles.